The molecule has 4 rings (SSSR count). The van der Waals surface area contributed by atoms with Crippen LogP contribution in [0.4, 0.5) is 0 Å². The minimum absolute atomic E-state index is 0.0474. The molecule has 6 heteroatoms. The molecule has 0 unspecified atom stereocenters. The van der Waals surface area contributed by atoms with Crippen molar-refractivity contribution in [2.75, 3.05) is 0 Å². The molecule has 2 aliphatic rings. The van der Waals surface area contributed by atoms with E-state index in [1.807, 2.05) is 30.2 Å². The third kappa shape index (κ3) is 3.43. The van der Waals surface area contributed by atoms with E-state index in [4.69, 9.17) is 0 Å². The summed E-state index contributed by atoms with van der Waals surface area (Å²) in [7, 11) is 1.94. The SMILES string of the molecule is Cn1cc(CNC2CCC(n3nc(C4CC4)ccc3=O)CC2)cn1. The van der Waals surface area contributed by atoms with Crippen LogP contribution in [-0.2, 0) is 13.6 Å². The highest BCUT2D eigenvalue weighted by atomic mass is 16.1. The number of hydrogen-bond donors (Lipinski definition) is 1. The van der Waals surface area contributed by atoms with Crippen molar-refractivity contribution in [3.63, 3.8) is 0 Å². The highest BCUT2D eigenvalue weighted by molar-refractivity contribution is 5.13. The van der Waals surface area contributed by atoms with Gasteiger partial charge in [-0.3, -0.25) is 9.48 Å². The minimum Gasteiger partial charge on any atom is -0.310 e. The van der Waals surface area contributed by atoms with Crippen molar-refractivity contribution in [1.82, 2.24) is 24.9 Å². The van der Waals surface area contributed by atoms with Crippen molar-refractivity contribution < 1.29 is 0 Å². The molecule has 0 atom stereocenters. The lowest BCUT2D eigenvalue weighted by Crippen LogP contribution is -2.36. The predicted molar refractivity (Wildman–Crippen MR) is 91.8 cm³/mol. The molecule has 128 valence electrons. The third-order valence-corrected chi connectivity index (χ3v) is 5.24. The zero-order chi connectivity index (χ0) is 16.5. The van der Waals surface area contributed by atoms with Gasteiger partial charge in [0.15, 0.2) is 0 Å². The van der Waals surface area contributed by atoms with Gasteiger partial charge in [-0.05, 0) is 44.6 Å². The molecule has 0 spiro atoms. The van der Waals surface area contributed by atoms with Crippen LogP contribution in [0.2, 0.25) is 0 Å². The summed E-state index contributed by atoms with van der Waals surface area (Å²) >= 11 is 0. The molecule has 2 aromatic heterocycles. The van der Waals surface area contributed by atoms with Crippen LogP contribution in [0.15, 0.2) is 29.3 Å². The highest BCUT2D eigenvalue weighted by Crippen LogP contribution is 2.38. The largest absolute Gasteiger partial charge is 0.310 e. The van der Waals surface area contributed by atoms with Crippen molar-refractivity contribution >= 4 is 0 Å². The van der Waals surface area contributed by atoms with Crippen LogP contribution >= 0.6 is 0 Å². The van der Waals surface area contributed by atoms with Crippen molar-refractivity contribution in [3.8, 4) is 0 Å². The number of hydrogen-bond acceptors (Lipinski definition) is 4. The van der Waals surface area contributed by atoms with Gasteiger partial charge in [0.05, 0.1) is 17.9 Å². The lowest BCUT2D eigenvalue weighted by atomic mass is 9.91. The van der Waals surface area contributed by atoms with E-state index < -0.39 is 0 Å². The lowest BCUT2D eigenvalue weighted by molar-refractivity contribution is 0.267. The van der Waals surface area contributed by atoms with E-state index in [0.717, 1.165) is 37.9 Å². The van der Waals surface area contributed by atoms with E-state index in [2.05, 4.69) is 15.5 Å². The number of aromatic nitrogens is 4. The van der Waals surface area contributed by atoms with Crippen LogP contribution < -0.4 is 10.9 Å². The fourth-order valence-electron chi connectivity index (χ4n) is 3.65. The lowest BCUT2D eigenvalue weighted by Gasteiger charge is -2.29. The minimum atomic E-state index is 0.0474. The maximum absolute atomic E-state index is 12.2. The molecule has 0 amide bonds. The smallest absolute Gasteiger partial charge is 0.267 e. The third-order valence-electron chi connectivity index (χ3n) is 5.24. The van der Waals surface area contributed by atoms with E-state index in [1.54, 1.807) is 10.7 Å². The molecule has 0 bridgehead atoms. The van der Waals surface area contributed by atoms with E-state index in [-0.39, 0.29) is 11.6 Å². The molecule has 0 radical (unpaired) electrons. The van der Waals surface area contributed by atoms with E-state index in [9.17, 15) is 4.79 Å². The van der Waals surface area contributed by atoms with Crippen LogP contribution in [0, 0.1) is 0 Å². The molecule has 24 heavy (non-hydrogen) atoms. The zero-order valence-electron chi connectivity index (χ0n) is 14.2. The molecule has 6 nitrogen and oxygen atoms in total. The highest BCUT2D eigenvalue weighted by Gasteiger charge is 2.28. The Morgan fingerprint density at radius 3 is 2.62 bits per heavy atom. The van der Waals surface area contributed by atoms with Gasteiger partial charge in [-0.1, -0.05) is 0 Å². The average molecular weight is 327 g/mol. The van der Waals surface area contributed by atoms with Gasteiger partial charge in [0.2, 0.25) is 0 Å². The number of nitrogens with one attached hydrogen (secondary N) is 1. The topological polar surface area (TPSA) is 64.7 Å². The van der Waals surface area contributed by atoms with Gasteiger partial charge in [-0.15, -0.1) is 0 Å². The first kappa shape index (κ1) is 15.6. The van der Waals surface area contributed by atoms with Crippen molar-refractivity contribution in [1.29, 1.82) is 0 Å². The van der Waals surface area contributed by atoms with Crippen LogP contribution in [0.5, 0.6) is 0 Å². The summed E-state index contributed by atoms with van der Waals surface area (Å²) < 4.78 is 3.59. The Morgan fingerprint density at radius 1 is 1.17 bits per heavy atom. The second-order valence-corrected chi connectivity index (χ2v) is 7.22. The molecule has 0 saturated heterocycles. The zero-order valence-corrected chi connectivity index (χ0v) is 14.2. The summed E-state index contributed by atoms with van der Waals surface area (Å²) in [6, 6.07) is 4.39. The molecular formula is C18H25N5O. The van der Waals surface area contributed by atoms with Gasteiger partial charge in [0.1, 0.15) is 0 Å². The molecular weight excluding hydrogens is 302 g/mol. The molecule has 2 heterocycles. The van der Waals surface area contributed by atoms with E-state index in [1.165, 1.54) is 18.4 Å². The average Bonchev–Trinajstić information content (AvgIpc) is 3.36. The van der Waals surface area contributed by atoms with Crippen LogP contribution in [-0.4, -0.2) is 25.6 Å². The van der Waals surface area contributed by atoms with Crippen molar-refractivity contribution in [2.45, 2.75) is 63.1 Å². The Labute approximate surface area is 141 Å². The van der Waals surface area contributed by atoms with Crippen LogP contribution in [0.1, 0.15) is 61.7 Å². The molecule has 1 N–H and O–H groups in total. The molecule has 2 aromatic rings. The monoisotopic (exact) mass is 327 g/mol. The molecule has 0 aliphatic heterocycles. The van der Waals surface area contributed by atoms with Crippen molar-refractivity contribution in [3.05, 3.63) is 46.1 Å². The second-order valence-electron chi connectivity index (χ2n) is 7.22. The summed E-state index contributed by atoms with van der Waals surface area (Å²) in [5, 5.41) is 12.5. The summed E-state index contributed by atoms with van der Waals surface area (Å²) in [6.45, 7) is 0.860. The fourth-order valence-corrected chi connectivity index (χ4v) is 3.65. The second kappa shape index (κ2) is 6.51. The van der Waals surface area contributed by atoms with Crippen molar-refractivity contribution in [2.24, 2.45) is 7.05 Å². The fraction of sp³-hybridized carbons (Fsp3) is 0.611. The van der Waals surface area contributed by atoms with Crippen LogP contribution in [0.3, 0.4) is 0 Å². The van der Waals surface area contributed by atoms with E-state index >= 15 is 0 Å². The summed E-state index contributed by atoms with van der Waals surface area (Å²) in [6.07, 6.45) is 10.6. The molecule has 2 aliphatic carbocycles. The first-order valence-corrected chi connectivity index (χ1v) is 9.00. The van der Waals surface area contributed by atoms with Gasteiger partial charge in [-0.25, -0.2) is 4.68 Å². The van der Waals surface area contributed by atoms with Gasteiger partial charge < -0.3 is 5.32 Å². The summed E-state index contributed by atoms with van der Waals surface area (Å²) in [4.78, 5) is 12.2. The maximum atomic E-state index is 12.2. The quantitative estimate of drug-likeness (QED) is 0.914. The molecule has 0 aromatic carbocycles. The standard InChI is InChI=1S/C18H25N5O/c1-22-12-13(11-20-22)10-19-15-4-6-16(7-5-15)23-18(24)9-8-17(21-23)14-2-3-14/h8-9,11-12,14-16,19H,2-7,10H2,1H3. The van der Waals surface area contributed by atoms with Crippen LogP contribution in [0.25, 0.3) is 0 Å². The number of aryl methyl sites for hydroxylation is 1. The summed E-state index contributed by atoms with van der Waals surface area (Å²) in [5.74, 6) is 0.592. The Balaban J connectivity index is 1.34. The predicted octanol–water partition coefficient (Wildman–Crippen LogP) is 2.13. The Morgan fingerprint density at radius 2 is 1.96 bits per heavy atom. The summed E-state index contributed by atoms with van der Waals surface area (Å²) in [5.41, 5.74) is 2.37. The Hall–Kier alpha value is -1.95. The van der Waals surface area contributed by atoms with Gasteiger partial charge in [0, 0.05) is 43.4 Å². The number of rotatable bonds is 5. The first-order chi connectivity index (χ1) is 11.7. The molecule has 2 saturated carbocycles. The Kier molecular flexibility index (Phi) is 4.22. The first-order valence-electron chi connectivity index (χ1n) is 9.00. The van der Waals surface area contributed by atoms with E-state index in [0.29, 0.717) is 12.0 Å². The maximum Gasteiger partial charge on any atom is 0.267 e. The van der Waals surface area contributed by atoms with Gasteiger partial charge in [-0.2, -0.15) is 10.2 Å². The number of nitrogens with zero attached hydrogens (tertiary/aromatic N) is 4. The molecule has 2 fully saturated rings. The Bertz CT molecular complexity index is 753. The normalized spacial score (nSPS) is 24.2. The van der Waals surface area contributed by atoms with Gasteiger partial charge >= 0.3 is 0 Å². The van der Waals surface area contributed by atoms with Gasteiger partial charge in [0.25, 0.3) is 5.56 Å².